The number of halogens is 3. The summed E-state index contributed by atoms with van der Waals surface area (Å²) in [4.78, 5) is 4.22. The number of rotatable bonds is 1. The maximum Gasteiger partial charge on any atom is 0.131 e. The third-order valence-corrected chi connectivity index (χ3v) is 3.33. The molecule has 0 aliphatic rings. The van der Waals surface area contributed by atoms with Gasteiger partial charge in [-0.3, -0.25) is 0 Å². The summed E-state index contributed by atoms with van der Waals surface area (Å²) in [5, 5.41) is 1.68. The van der Waals surface area contributed by atoms with E-state index in [0.717, 1.165) is 5.39 Å². The van der Waals surface area contributed by atoms with E-state index in [-0.39, 0.29) is 5.82 Å². The number of pyridine rings is 1. The SMILES string of the molecule is Fc1ccccc1-c1cc(Cl)nc2ccc(Cl)cc12. The van der Waals surface area contributed by atoms with Crippen LogP contribution in [0.4, 0.5) is 4.39 Å². The molecule has 1 heterocycles. The van der Waals surface area contributed by atoms with Crippen LogP contribution in [0.1, 0.15) is 0 Å². The summed E-state index contributed by atoms with van der Waals surface area (Å²) in [6.45, 7) is 0. The van der Waals surface area contributed by atoms with E-state index in [0.29, 0.717) is 26.8 Å². The summed E-state index contributed by atoms with van der Waals surface area (Å²) in [5.74, 6) is -0.300. The Morgan fingerprint density at radius 3 is 2.47 bits per heavy atom. The van der Waals surface area contributed by atoms with Gasteiger partial charge in [0.1, 0.15) is 11.0 Å². The Kier molecular flexibility index (Phi) is 3.13. The lowest BCUT2D eigenvalue weighted by Crippen LogP contribution is -1.89. The fourth-order valence-electron chi connectivity index (χ4n) is 2.07. The molecule has 3 rings (SSSR count). The van der Waals surface area contributed by atoms with Gasteiger partial charge in [0.05, 0.1) is 5.52 Å². The third-order valence-electron chi connectivity index (χ3n) is 2.90. The molecular weight excluding hydrogens is 284 g/mol. The molecule has 0 fully saturated rings. The smallest absolute Gasteiger partial charge is 0.131 e. The largest absolute Gasteiger partial charge is 0.236 e. The van der Waals surface area contributed by atoms with Crippen LogP contribution < -0.4 is 0 Å². The van der Waals surface area contributed by atoms with E-state index in [9.17, 15) is 4.39 Å². The Balaban J connectivity index is 2.40. The summed E-state index contributed by atoms with van der Waals surface area (Å²) in [5.41, 5.74) is 1.87. The first kappa shape index (κ1) is 12.4. The van der Waals surface area contributed by atoms with Crippen LogP contribution in [0, 0.1) is 5.82 Å². The minimum absolute atomic E-state index is 0.300. The van der Waals surface area contributed by atoms with Crippen LogP contribution in [0.25, 0.3) is 22.0 Å². The van der Waals surface area contributed by atoms with E-state index >= 15 is 0 Å². The topological polar surface area (TPSA) is 12.9 Å². The van der Waals surface area contributed by atoms with Crippen molar-refractivity contribution in [3.63, 3.8) is 0 Å². The zero-order chi connectivity index (χ0) is 13.4. The number of fused-ring (bicyclic) bond motifs is 1. The minimum Gasteiger partial charge on any atom is -0.236 e. The molecule has 0 amide bonds. The number of nitrogens with zero attached hydrogens (tertiary/aromatic N) is 1. The standard InChI is InChI=1S/C15H8Cl2FN/c16-9-5-6-14-12(7-9)11(8-15(17)19-14)10-3-1-2-4-13(10)18/h1-8H. The van der Waals surface area contributed by atoms with Crippen molar-refractivity contribution >= 4 is 34.1 Å². The van der Waals surface area contributed by atoms with Gasteiger partial charge in [0, 0.05) is 16.0 Å². The lowest BCUT2D eigenvalue weighted by Gasteiger charge is -2.08. The van der Waals surface area contributed by atoms with E-state index in [2.05, 4.69) is 4.98 Å². The Bertz CT molecular complexity index is 771. The molecule has 19 heavy (non-hydrogen) atoms. The van der Waals surface area contributed by atoms with Gasteiger partial charge in [-0.2, -0.15) is 0 Å². The maximum absolute atomic E-state index is 13.9. The molecule has 0 aliphatic carbocycles. The zero-order valence-corrected chi connectivity index (χ0v) is 11.2. The average molecular weight is 292 g/mol. The normalized spacial score (nSPS) is 10.9. The molecule has 1 aromatic heterocycles. The fraction of sp³-hybridized carbons (Fsp3) is 0. The van der Waals surface area contributed by atoms with Crippen LogP contribution in [0.5, 0.6) is 0 Å². The van der Waals surface area contributed by atoms with Gasteiger partial charge < -0.3 is 0 Å². The second-order valence-electron chi connectivity index (χ2n) is 4.13. The molecule has 0 spiro atoms. The lowest BCUT2D eigenvalue weighted by atomic mass is 10.0. The van der Waals surface area contributed by atoms with Crippen molar-refractivity contribution in [3.8, 4) is 11.1 Å². The highest BCUT2D eigenvalue weighted by molar-refractivity contribution is 6.32. The van der Waals surface area contributed by atoms with Crippen LogP contribution in [0.2, 0.25) is 10.2 Å². The van der Waals surface area contributed by atoms with Gasteiger partial charge in [-0.05, 0) is 35.9 Å². The van der Waals surface area contributed by atoms with E-state index in [1.54, 1.807) is 42.5 Å². The van der Waals surface area contributed by atoms with Crippen LogP contribution in [-0.4, -0.2) is 4.98 Å². The summed E-state index contributed by atoms with van der Waals surface area (Å²) in [7, 11) is 0. The van der Waals surface area contributed by atoms with Crippen molar-refractivity contribution in [2.75, 3.05) is 0 Å². The highest BCUT2D eigenvalue weighted by Crippen LogP contribution is 2.33. The minimum atomic E-state index is -0.300. The van der Waals surface area contributed by atoms with E-state index < -0.39 is 0 Å². The fourth-order valence-corrected chi connectivity index (χ4v) is 2.44. The van der Waals surface area contributed by atoms with Gasteiger partial charge in [0.2, 0.25) is 0 Å². The van der Waals surface area contributed by atoms with Gasteiger partial charge in [0.25, 0.3) is 0 Å². The second kappa shape index (κ2) is 4.80. The monoisotopic (exact) mass is 291 g/mol. The Labute approximate surface area is 119 Å². The number of hydrogen-bond donors (Lipinski definition) is 0. The molecule has 94 valence electrons. The van der Waals surface area contributed by atoms with Crippen LogP contribution in [0.15, 0.2) is 48.5 Å². The van der Waals surface area contributed by atoms with Gasteiger partial charge in [-0.1, -0.05) is 41.4 Å². The average Bonchev–Trinajstić information content (AvgIpc) is 2.39. The molecule has 0 unspecified atom stereocenters. The van der Waals surface area contributed by atoms with Crippen molar-refractivity contribution in [3.05, 3.63) is 64.5 Å². The van der Waals surface area contributed by atoms with Crippen molar-refractivity contribution in [2.45, 2.75) is 0 Å². The highest BCUT2D eigenvalue weighted by atomic mass is 35.5. The quantitative estimate of drug-likeness (QED) is 0.551. The molecule has 1 nitrogen and oxygen atoms in total. The van der Waals surface area contributed by atoms with Gasteiger partial charge in [-0.15, -0.1) is 0 Å². The first-order valence-electron chi connectivity index (χ1n) is 5.66. The molecule has 0 N–H and O–H groups in total. The number of aromatic nitrogens is 1. The molecule has 0 bridgehead atoms. The number of hydrogen-bond acceptors (Lipinski definition) is 1. The molecule has 0 aliphatic heterocycles. The summed E-state index contributed by atoms with van der Waals surface area (Å²) < 4.78 is 13.9. The summed E-state index contributed by atoms with van der Waals surface area (Å²) >= 11 is 12.0. The van der Waals surface area contributed by atoms with Gasteiger partial charge in [-0.25, -0.2) is 9.37 Å². The van der Waals surface area contributed by atoms with E-state index in [4.69, 9.17) is 23.2 Å². The molecule has 4 heteroatoms. The second-order valence-corrected chi connectivity index (χ2v) is 4.96. The lowest BCUT2D eigenvalue weighted by molar-refractivity contribution is 0.631. The number of benzene rings is 2. The summed E-state index contributed by atoms with van der Waals surface area (Å²) in [6.07, 6.45) is 0. The highest BCUT2D eigenvalue weighted by Gasteiger charge is 2.11. The molecule has 3 aromatic rings. The van der Waals surface area contributed by atoms with Crippen molar-refractivity contribution in [1.29, 1.82) is 0 Å². The first-order valence-corrected chi connectivity index (χ1v) is 6.41. The first-order chi connectivity index (χ1) is 9.15. The van der Waals surface area contributed by atoms with E-state index in [1.165, 1.54) is 6.07 Å². The Morgan fingerprint density at radius 1 is 0.895 bits per heavy atom. The molecular formula is C15H8Cl2FN. The van der Waals surface area contributed by atoms with Crippen LogP contribution >= 0.6 is 23.2 Å². The van der Waals surface area contributed by atoms with Crippen LogP contribution in [0.3, 0.4) is 0 Å². The molecule has 0 atom stereocenters. The van der Waals surface area contributed by atoms with Crippen molar-refractivity contribution in [2.24, 2.45) is 0 Å². The summed E-state index contributed by atoms with van der Waals surface area (Å²) in [6, 6.07) is 13.5. The predicted molar refractivity (Wildman–Crippen MR) is 77.2 cm³/mol. The third kappa shape index (κ3) is 2.29. The van der Waals surface area contributed by atoms with E-state index in [1.807, 2.05) is 0 Å². The molecule has 0 radical (unpaired) electrons. The molecule has 0 saturated carbocycles. The zero-order valence-electron chi connectivity index (χ0n) is 9.70. The van der Waals surface area contributed by atoms with Gasteiger partial charge >= 0.3 is 0 Å². The Morgan fingerprint density at radius 2 is 1.68 bits per heavy atom. The van der Waals surface area contributed by atoms with Crippen molar-refractivity contribution < 1.29 is 4.39 Å². The molecule has 2 aromatic carbocycles. The predicted octanol–water partition coefficient (Wildman–Crippen LogP) is 5.35. The maximum atomic E-state index is 13.9. The van der Waals surface area contributed by atoms with Gasteiger partial charge in [0.15, 0.2) is 0 Å². The van der Waals surface area contributed by atoms with Crippen LogP contribution in [-0.2, 0) is 0 Å². The Hall–Kier alpha value is -1.64. The molecule has 0 saturated heterocycles. The van der Waals surface area contributed by atoms with Crippen molar-refractivity contribution in [1.82, 2.24) is 4.98 Å².